The molecule has 0 aromatic heterocycles. The molecule has 9 heteroatoms. The lowest BCUT2D eigenvalue weighted by Crippen LogP contribution is -2.24. The largest absolute Gasteiger partial charge is 0.488 e. The molecule has 0 aliphatic rings. The maximum Gasteiger partial charge on any atom is 0.249 e. The summed E-state index contributed by atoms with van der Waals surface area (Å²) in [5, 5.41) is 7.68. The van der Waals surface area contributed by atoms with Crippen LogP contribution in [-0.4, -0.2) is 18.0 Å². The van der Waals surface area contributed by atoms with Gasteiger partial charge in [-0.2, -0.15) is 5.10 Å². The number of hydrogen-bond donors (Lipinski definition) is 2. The number of benzene rings is 3. The number of carbonyl (C=O) groups excluding carboxylic acids is 2. The Hall–Kier alpha value is -2.87. The number of amides is 2. The van der Waals surface area contributed by atoms with Crippen molar-refractivity contribution in [3.63, 3.8) is 0 Å². The van der Waals surface area contributed by atoms with Crippen LogP contribution in [0.4, 0.5) is 5.69 Å². The molecule has 0 bridgehead atoms. The Kier molecular flexibility index (Phi) is 8.67. The molecule has 32 heavy (non-hydrogen) atoms. The van der Waals surface area contributed by atoms with Crippen molar-refractivity contribution in [3.8, 4) is 5.75 Å². The van der Waals surface area contributed by atoms with E-state index in [0.717, 1.165) is 10.0 Å². The zero-order valence-corrected chi connectivity index (χ0v) is 19.7. The number of hydrogen-bond acceptors (Lipinski definition) is 4. The Morgan fingerprint density at radius 2 is 1.75 bits per heavy atom. The number of halogens is 3. The number of para-hydroxylation sites is 1. The van der Waals surface area contributed by atoms with Gasteiger partial charge >= 0.3 is 0 Å². The Morgan fingerprint density at radius 1 is 0.969 bits per heavy atom. The van der Waals surface area contributed by atoms with Crippen LogP contribution in [0.1, 0.15) is 17.5 Å². The maximum absolute atomic E-state index is 12.1. The molecule has 2 N–H and O–H groups in total. The number of nitrogens with zero attached hydrogens (tertiary/aromatic N) is 1. The van der Waals surface area contributed by atoms with Crippen LogP contribution in [-0.2, 0) is 16.2 Å². The van der Waals surface area contributed by atoms with E-state index in [1.54, 1.807) is 42.5 Å². The lowest BCUT2D eigenvalue weighted by atomic mass is 10.2. The number of carbonyl (C=O) groups is 2. The van der Waals surface area contributed by atoms with Gasteiger partial charge in [0.05, 0.1) is 11.9 Å². The second-order valence-corrected chi connectivity index (χ2v) is 8.33. The molecule has 3 aromatic carbocycles. The fraction of sp³-hybridized carbons (Fsp3) is 0.0870. The molecule has 6 nitrogen and oxygen atoms in total. The monoisotopic (exact) mass is 533 g/mol. The van der Waals surface area contributed by atoms with Crippen molar-refractivity contribution in [2.75, 3.05) is 5.32 Å². The fourth-order valence-electron chi connectivity index (χ4n) is 2.66. The van der Waals surface area contributed by atoms with E-state index in [2.05, 4.69) is 31.8 Å². The molecule has 0 aliphatic carbocycles. The van der Waals surface area contributed by atoms with Gasteiger partial charge in [-0.25, -0.2) is 5.43 Å². The fourth-order valence-corrected chi connectivity index (χ4v) is 3.43. The first-order valence-electron chi connectivity index (χ1n) is 9.44. The van der Waals surface area contributed by atoms with Crippen LogP contribution in [0, 0.1) is 0 Å². The van der Waals surface area contributed by atoms with Crippen LogP contribution in [0.15, 0.2) is 76.3 Å². The number of ether oxygens (including phenoxy) is 1. The summed E-state index contributed by atoms with van der Waals surface area (Å²) in [6.45, 7) is 0.296. The minimum Gasteiger partial charge on any atom is -0.488 e. The number of hydrazone groups is 1. The molecule has 3 aromatic rings. The summed E-state index contributed by atoms with van der Waals surface area (Å²) in [5.41, 5.74) is 4.38. The highest BCUT2D eigenvalue weighted by Gasteiger charge is 2.11. The second kappa shape index (κ2) is 11.7. The van der Waals surface area contributed by atoms with Crippen molar-refractivity contribution < 1.29 is 14.3 Å². The summed E-state index contributed by atoms with van der Waals surface area (Å²) >= 11 is 15.4. The van der Waals surface area contributed by atoms with Crippen molar-refractivity contribution in [2.45, 2.75) is 13.0 Å². The van der Waals surface area contributed by atoms with Crippen LogP contribution in [0.3, 0.4) is 0 Å². The zero-order valence-electron chi connectivity index (χ0n) is 16.6. The van der Waals surface area contributed by atoms with Gasteiger partial charge in [0.1, 0.15) is 18.8 Å². The quantitative estimate of drug-likeness (QED) is 0.217. The van der Waals surface area contributed by atoms with Crippen molar-refractivity contribution in [1.29, 1.82) is 0 Å². The molecule has 0 unspecified atom stereocenters. The predicted octanol–water partition coefficient (Wildman–Crippen LogP) is 5.81. The molecule has 0 atom stereocenters. The van der Waals surface area contributed by atoms with Crippen LogP contribution >= 0.6 is 39.1 Å². The summed E-state index contributed by atoms with van der Waals surface area (Å²) in [4.78, 5) is 24.1. The van der Waals surface area contributed by atoms with Gasteiger partial charge in [0.25, 0.3) is 0 Å². The van der Waals surface area contributed by atoms with E-state index in [1.807, 2.05) is 24.3 Å². The summed E-state index contributed by atoms with van der Waals surface area (Å²) < 4.78 is 6.56. The van der Waals surface area contributed by atoms with Gasteiger partial charge in [-0.1, -0.05) is 47.5 Å². The van der Waals surface area contributed by atoms with E-state index in [0.29, 0.717) is 33.7 Å². The summed E-state index contributed by atoms with van der Waals surface area (Å²) in [6.07, 6.45) is 1.02. The Bertz CT molecular complexity index is 1150. The number of rotatable bonds is 8. The van der Waals surface area contributed by atoms with Crippen molar-refractivity contribution in [3.05, 3.63) is 92.4 Å². The Labute approximate surface area is 203 Å². The first-order valence-corrected chi connectivity index (χ1v) is 11.0. The van der Waals surface area contributed by atoms with E-state index in [9.17, 15) is 9.59 Å². The summed E-state index contributed by atoms with van der Waals surface area (Å²) in [5.74, 6) is -0.494. The van der Waals surface area contributed by atoms with Gasteiger partial charge in [-0.05, 0) is 64.0 Å². The number of nitrogens with one attached hydrogen (secondary N) is 2. The maximum atomic E-state index is 12.1. The van der Waals surface area contributed by atoms with Gasteiger partial charge in [-0.3, -0.25) is 9.59 Å². The molecule has 0 heterocycles. The van der Waals surface area contributed by atoms with Crippen LogP contribution < -0.4 is 15.5 Å². The third-order valence-electron chi connectivity index (χ3n) is 4.12. The Balaban J connectivity index is 1.57. The van der Waals surface area contributed by atoms with Gasteiger partial charge in [-0.15, -0.1) is 0 Å². The molecule has 3 rings (SSSR count). The molecule has 0 saturated carbocycles. The number of anilines is 1. The van der Waals surface area contributed by atoms with Crippen LogP contribution in [0.25, 0.3) is 0 Å². The van der Waals surface area contributed by atoms with Crippen LogP contribution in [0.5, 0.6) is 5.75 Å². The topological polar surface area (TPSA) is 79.8 Å². The second-order valence-electron chi connectivity index (χ2n) is 6.60. The van der Waals surface area contributed by atoms with E-state index < -0.39 is 11.8 Å². The standard InChI is InChI=1S/C23H18BrCl2N3O3/c24-19-6-1-2-7-20(19)28-22(30)12-23(31)29-27-13-16-11-18(26)8-9-21(16)32-14-15-4-3-5-17(25)10-15/h1-11,13H,12,14H2,(H,28,30)(H,29,31). The minimum atomic E-state index is -0.561. The third-order valence-corrected chi connectivity index (χ3v) is 5.28. The smallest absolute Gasteiger partial charge is 0.249 e. The summed E-state index contributed by atoms with van der Waals surface area (Å²) in [7, 11) is 0. The molecule has 0 saturated heterocycles. The molecule has 0 aliphatic heterocycles. The van der Waals surface area contributed by atoms with Crippen molar-refractivity contribution in [2.24, 2.45) is 5.10 Å². The SMILES string of the molecule is O=C(CC(=O)Nc1ccccc1Br)NN=Cc1cc(Cl)ccc1OCc1cccc(Cl)c1. The van der Waals surface area contributed by atoms with Gasteiger partial charge in [0.2, 0.25) is 11.8 Å². The lowest BCUT2D eigenvalue weighted by Gasteiger charge is -2.10. The lowest BCUT2D eigenvalue weighted by molar-refractivity contribution is -0.126. The van der Waals surface area contributed by atoms with Crippen molar-refractivity contribution >= 4 is 62.8 Å². The molecule has 0 fully saturated rings. The van der Waals surface area contributed by atoms with E-state index in [-0.39, 0.29) is 6.42 Å². The molecule has 164 valence electrons. The highest BCUT2D eigenvalue weighted by Crippen LogP contribution is 2.23. The molecular weight excluding hydrogens is 517 g/mol. The van der Waals surface area contributed by atoms with Gasteiger partial charge in [0.15, 0.2) is 0 Å². The first kappa shape index (κ1) is 23.8. The third kappa shape index (κ3) is 7.37. The van der Waals surface area contributed by atoms with Gasteiger partial charge < -0.3 is 10.1 Å². The van der Waals surface area contributed by atoms with Crippen LogP contribution in [0.2, 0.25) is 10.0 Å². The Morgan fingerprint density at radius 3 is 2.53 bits per heavy atom. The van der Waals surface area contributed by atoms with E-state index in [4.69, 9.17) is 27.9 Å². The average Bonchev–Trinajstić information content (AvgIpc) is 2.75. The van der Waals surface area contributed by atoms with Gasteiger partial charge in [0, 0.05) is 20.1 Å². The minimum absolute atomic E-state index is 0.296. The van der Waals surface area contributed by atoms with E-state index >= 15 is 0 Å². The average molecular weight is 535 g/mol. The van der Waals surface area contributed by atoms with E-state index in [1.165, 1.54) is 6.21 Å². The molecule has 0 radical (unpaired) electrons. The van der Waals surface area contributed by atoms with Crippen molar-refractivity contribution in [1.82, 2.24) is 5.43 Å². The summed E-state index contributed by atoms with van der Waals surface area (Å²) in [6, 6.07) is 19.5. The molecule has 2 amide bonds. The normalized spacial score (nSPS) is 10.7. The molecular formula is C23H18BrCl2N3O3. The highest BCUT2D eigenvalue weighted by molar-refractivity contribution is 9.10. The first-order chi connectivity index (χ1) is 15.4. The zero-order chi connectivity index (χ0) is 22.9. The highest BCUT2D eigenvalue weighted by atomic mass is 79.9. The predicted molar refractivity (Wildman–Crippen MR) is 130 cm³/mol. The molecule has 0 spiro atoms.